The van der Waals surface area contributed by atoms with Crippen molar-refractivity contribution in [2.45, 2.75) is 20.0 Å². The van der Waals surface area contributed by atoms with Crippen molar-refractivity contribution in [3.63, 3.8) is 0 Å². The molecule has 0 saturated carbocycles. The van der Waals surface area contributed by atoms with Crippen molar-refractivity contribution in [2.24, 2.45) is 4.99 Å². The number of nitrogens with one attached hydrogen (secondary N) is 2. The third-order valence-corrected chi connectivity index (χ3v) is 4.26. The van der Waals surface area contributed by atoms with E-state index in [1.54, 1.807) is 11.3 Å². The minimum Gasteiger partial charge on any atom is -0.357 e. The van der Waals surface area contributed by atoms with Crippen molar-refractivity contribution in [3.8, 4) is 0 Å². The van der Waals surface area contributed by atoms with Crippen molar-refractivity contribution in [1.82, 2.24) is 15.5 Å². The Hall–Kier alpha value is -1.12. The van der Waals surface area contributed by atoms with Gasteiger partial charge in [-0.25, -0.2) is 4.99 Å². The Morgan fingerprint density at radius 1 is 1.12 bits per heavy atom. The molecule has 2 aromatic rings. The van der Waals surface area contributed by atoms with Crippen LogP contribution in [0.1, 0.15) is 17.4 Å². The van der Waals surface area contributed by atoms with Crippen molar-refractivity contribution in [2.75, 3.05) is 26.7 Å². The van der Waals surface area contributed by atoms with Crippen LogP contribution < -0.4 is 10.6 Å². The molecule has 4 nitrogen and oxygen atoms in total. The molecule has 1 aromatic heterocycles. The third-order valence-electron chi connectivity index (χ3n) is 3.40. The van der Waals surface area contributed by atoms with Crippen LogP contribution in [0, 0.1) is 0 Å². The number of likely N-dealkylation sites (N-methyl/N-ethyl adjacent to an activating group) is 1. The van der Waals surface area contributed by atoms with E-state index in [2.05, 4.69) is 82.3 Å². The zero-order chi connectivity index (χ0) is 16.3. The molecule has 0 spiro atoms. The summed E-state index contributed by atoms with van der Waals surface area (Å²) in [4.78, 5) is 8.21. The van der Waals surface area contributed by atoms with E-state index in [0.717, 1.165) is 38.7 Å². The Bertz CT molecular complexity index is 572. The van der Waals surface area contributed by atoms with Crippen LogP contribution in [0.2, 0.25) is 0 Å². The second kappa shape index (κ2) is 12.3. The topological polar surface area (TPSA) is 39.7 Å². The minimum absolute atomic E-state index is 0. The van der Waals surface area contributed by atoms with E-state index >= 15 is 0 Å². The van der Waals surface area contributed by atoms with E-state index in [1.807, 2.05) is 0 Å². The van der Waals surface area contributed by atoms with Gasteiger partial charge in [-0.15, -0.1) is 35.3 Å². The lowest BCUT2D eigenvalue weighted by molar-refractivity contribution is 0.331. The normalized spacial score (nSPS) is 11.2. The van der Waals surface area contributed by atoms with Gasteiger partial charge in [0.1, 0.15) is 0 Å². The van der Waals surface area contributed by atoms with Gasteiger partial charge in [0.05, 0.1) is 6.54 Å². The number of nitrogens with zero attached hydrogens (tertiary/aromatic N) is 2. The fraction of sp³-hybridized carbons (Fsp3) is 0.389. The van der Waals surface area contributed by atoms with E-state index in [-0.39, 0.29) is 24.0 Å². The third kappa shape index (κ3) is 8.12. The zero-order valence-corrected chi connectivity index (χ0v) is 17.5. The molecule has 132 valence electrons. The summed E-state index contributed by atoms with van der Waals surface area (Å²) in [6.45, 7) is 6.50. The number of aliphatic imine (C=N–C) groups is 1. The lowest BCUT2D eigenvalue weighted by atomic mass is 10.2. The van der Waals surface area contributed by atoms with Gasteiger partial charge in [0.2, 0.25) is 0 Å². The van der Waals surface area contributed by atoms with Gasteiger partial charge >= 0.3 is 0 Å². The van der Waals surface area contributed by atoms with Gasteiger partial charge < -0.3 is 15.5 Å². The van der Waals surface area contributed by atoms with Crippen LogP contribution in [0.15, 0.2) is 52.8 Å². The number of thiophene rings is 1. The SMILES string of the molecule is CCNC(=NCc1cccs1)NCCN(C)Cc1ccccc1.I. The smallest absolute Gasteiger partial charge is 0.191 e. The van der Waals surface area contributed by atoms with E-state index in [1.165, 1.54) is 10.4 Å². The second-order valence-corrected chi connectivity index (χ2v) is 6.46. The minimum atomic E-state index is 0. The molecule has 24 heavy (non-hydrogen) atoms. The van der Waals surface area contributed by atoms with Crippen LogP contribution in [0.5, 0.6) is 0 Å². The molecular weight excluding hydrogens is 431 g/mol. The molecule has 6 heteroatoms. The van der Waals surface area contributed by atoms with Crippen molar-refractivity contribution >= 4 is 41.3 Å². The first-order valence-electron chi connectivity index (χ1n) is 8.05. The van der Waals surface area contributed by atoms with Gasteiger partial charge in [-0.1, -0.05) is 36.4 Å². The van der Waals surface area contributed by atoms with Gasteiger partial charge in [-0.2, -0.15) is 0 Å². The van der Waals surface area contributed by atoms with E-state index in [0.29, 0.717) is 0 Å². The van der Waals surface area contributed by atoms with Crippen molar-refractivity contribution < 1.29 is 0 Å². The molecule has 2 rings (SSSR count). The zero-order valence-electron chi connectivity index (χ0n) is 14.4. The summed E-state index contributed by atoms with van der Waals surface area (Å²) in [5, 5.41) is 8.78. The predicted molar refractivity (Wildman–Crippen MR) is 115 cm³/mol. The quantitative estimate of drug-likeness (QED) is 0.361. The molecular formula is C18H27IN4S. The molecule has 0 radical (unpaired) electrons. The van der Waals surface area contributed by atoms with Gasteiger partial charge in [0, 0.05) is 31.1 Å². The first-order valence-corrected chi connectivity index (χ1v) is 8.93. The van der Waals surface area contributed by atoms with Crippen molar-refractivity contribution in [3.05, 3.63) is 58.3 Å². The predicted octanol–water partition coefficient (Wildman–Crippen LogP) is 3.55. The highest BCUT2D eigenvalue weighted by Gasteiger charge is 2.02. The van der Waals surface area contributed by atoms with Crippen LogP contribution in [0.3, 0.4) is 0 Å². The van der Waals surface area contributed by atoms with E-state index in [9.17, 15) is 0 Å². The fourth-order valence-electron chi connectivity index (χ4n) is 2.24. The van der Waals surface area contributed by atoms with Crippen LogP contribution in [0.25, 0.3) is 0 Å². The molecule has 2 N–H and O–H groups in total. The lowest BCUT2D eigenvalue weighted by Gasteiger charge is -2.18. The summed E-state index contributed by atoms with van der Waals surface area (Å²) in [5.74, 6) is 0.883. The fourth-order valence-corrected chi connectivity index (χ4v) is 2.87. The maximum absolute atomic E-state index is 4.62. The van der Waals surface area contributed by atoms with Gasteiger partial charge in [-0.05, 0) is 31.0 Å². The maximum Gasteiger partial charge on any atom is 0.191 e. The lowest BCUT2D eigenvalue weighted by Crippen LogP contribution is -2.40. The number of hydrogen-bond acceptors (Lipinski definition) is 3. The molecule has 0 atom stereocenters. The Morgan fingerprint density at radius 2 is 1.92 bits per heavy atom. The first kappa shape index (κ1) is 20.9. The number of guanidine groups is 1. The highest BCUT2D eigenvalue weighted by Crippen LogP contribution is 2.09. The summed E-state index contributed by atoms with van der Waals surface area (Å²) < 4.78 is 0. The molecule has 1 aromatic carbocycles. The molecule has 1 heterocycles. The van der Waals surface area contributed by atoms with Gasteiger partial charge in [-0.3, -0.25) is 0 Å². The summed E-state index contributed by atoms with van der Waals surface area (Å²) in [5.41, 5.74) is 1.34. The van der Waals surface area contributed by atoms with Crippen LogP contribution in [-0.2, 0) is 13.1 Å². The molecule has 0 saturated heterocycles. The highest BCUT2D eigenvalue weighted by molar-refractivity contribution is 14.0. The number of rotatable bonds is 8. The van der Waals surface area contributed by atoms with Crippen LogP contribution in [-0.4, -0.2) is 37.5 Å². The Morgan fingerprint density at radius 3 is 2.58 bits per heavy atom. The summed E-state index contributed by atoms with van der Waals surface area (Å²) in [6, 6.07) is 14.7. The monoisotopic (exact) mass is 458 g/mol. The average molecular weight is 458 g/mol. The van der Waals surface area contributed by atoms with E-state index < -0.39 is 0 Å². The Balaban J connectivity index is 0.00000288. The number of hydrogen-bond donors (Lipinski definition) is 2. The molecule has 0 amide bonds. The second-order valence-electron chi connectivity index (χ2n) is 5.42. The largest absolute Gasteiger partial charge is 0.357 e. The molecule has 0 aliphatic rings. The number of halogens is 1. The molecule has 0 fully saturated rings. The molecule has 0 aliphatic carbocycles. The van der Waals surface area contributed by atoms with Gasteiger partial charge in [0.25, 0.3) is 0 Å². The summed E-state index contributed by atoms with van der Waals surface area (Å²) >= 11 is 1.74. The standard InChI is InChI=1S/C18H26N4S.HI/c1-3-19-18(21-14-17-10-7-13-23-17)20-11-12-22(2)15-16-8-5-4-6-9-16;/h4-10,13H,3,11-12,14-15H2,1-2H3,(H2,19,20,21);1H. The van der Waals surface area contributed by atoms with Crippen molar-refractivity contribution in [1.29, 1.82) is 0 Å². The van der Waals surface area contributed by atoms with Gasteiger partial charge in [0.15, 0.2) is 5.96 Å². The molecule has 0 aliphatic heterocycles. The highest BCUT2D eigenvalue weighted by atomic mass is 127. The Kier molecular flexibility index (Phi) is 10.7. The van der Waals surface area contributed by atoms with Crippen LogP contribution in [0.4, 0.5) is 0 Å². The van der Waals surface area contributed by atoms with Crippen LogP contribution >= 0.6 is 35.3 Å². The molecule has 0 bridgehead atoms. The van der Waals surface area contributed by atoms with E-state index in [4.69, 9.17) is 0 Å². The summed E-state index contributed by atoms with van der Waals surface area (Å²) in [6.07, 6.45) is 0. The Labute approximate surface area is 166 Å². The maximum atomic E-state index is 4.62. The number of benzene rings is 1. The average Bonchev–Trinajstić information content (AvgIpc) is 3.07. The summed E-state index contributed by atoms with van der Waals surface area (Å²) in [7, 11) is 2.14. The molecule has 0 unspecified atom stereocenters. The first-order chi connectivity index (χ1) is 11.3.